The summed E-state index contributed by atoms with van der Waals surface area (Å²) in [4.78, 5) is 1.77. The van der Waals surface area contributed by atoms with E-state index in [1.807, 2.05) is 0 Å². The maximum atomic E-state index is 13.3. The van der Waals surface area contributed by atoms with Crippen LogP contribution in [0.3, 0.4) is 0 Å². The van der Waals surface area contributed by atoms with Gasteiger partial charge in [0.15, 0.2) is 0 Å². The Morgan fingerprint density at radius 2 is 1.22 bits per heavy atom. The molecule has 200 valence electrons. The molecule has 0 amide bonds. The molecule has 1 fully saturated rings. The number of halogens is 9. The molecule has 0 saturated carbocycles. The summed E-state index contributed by atoms with van der Waals surface area (Å²) in [5, 5.41) is 5.20. The van der Waals surface area contributed by atoms with E-state index in [2.05, 4.69) is 0 Å². The molecule has 5 nitrogen and oxygen atoms in total. The average molecular weight is 549 g/mol. The lowest BCUT2D eigenvalue weighted by Crippen LogP contribution is -2.49. The van der Waals surface area contributed by atoms with Crippen molar-refractivity contribution in [1.29, 1.82) is 0 Å². The smallest absolute Gasteiger partial charge is 0.299 e. The van der Waals surface area contributed by atoms with E-state index >= 15 is 0 Å². The van der Waals surface area contributed by atoms with E-state index in [1.54, 1.807) is 4.90 Å². The Morgan fingerprint density at radius 3 is 1.61 bits per heavy atom. The molecule has 0 aromatic heterocycles. The summed E-state index contributed by atoms with van der Waals surface area (Å²) in [5.41, 5.74) is -4.51. The fraction of sp³-hybridized carbons (Fsp3) is 0.429. The lowest BCUT2D eigenvalue weighted by atomic mass is 10.0. The van der Waals surface area contributed by atoms with Gasteiger partial charge < -0.3 is 0 Å². The Kier molecular flexibility index (Phi) is 7.59. The summed E-state index contributed by atoms with van der Waals surface area (Å²) in [6.45, 7) is 0.549. The van der Waals surface area contributed by atoms with E-state index in [0.29, 0.717) is 22.0 Å². The molecular formula is C21H20F9N3O2S. The Bertz CT molecular complexity index is 1140. The zero-order valence-corrected chi connectivity index (χ0v) is 19.1. The topological polar surface area (TPSA) is 66.6 Å². The lowest BCUT2D eigenvalue weighted by molar-refractivity contribution is -0.143. The van der Waals surface area contributed by atoms with Crippen LogP contribution in [0.1, 0.15) is 35.1 Å². The molecule has 1 heterocycles. The predicted molar refractivity (Wildman–Crippen MR) is 112 cm³/mol. The first-order chi connectivity index (χ1) is 16.4. The number of likely N-dealkylation sites (tertiary alicyclic amines) is 1. The Hall–Kier alpha value is -2.52. The number of rotatable bonds is 5. The first kappa shape index (κ1) is 28.1. The summed E-state index contributed by atoms with van der Waals surface area (Å²) in [6.07, 6.45) is -14.8. The molecule has 1 aliphatic heterocycles. The maximum absolute atomic E-state index is 13.3. The Balaban J connectivity index is 1.82. The first-order valence-corrected chi connectivity index (χ1v) is 11.9. The summed E-state index contributed by atoms with van der Waals surface area (Å²) in [6, 6.07) is 3.85. The van der Waals surface area contributed by atoms with Gasteiger partial charge in [0.1, 0.15) is 0 Å². The second-order valence-corrected chi connectivity index (χ2v) is 9.73. The fourth-order valence-corrected chi connectivity index (χ4v) is 5.03. The van der Waals surface area contributed by atoms with Crippen LogP contribution in [0.15, 0.2) is 42.5 Å². The third-order valence-electron chi connectivity index (χ3n) is 5.68. The van der Waals surface area contributed by atoms with Gasteiger partial charge in [-0.3, -0.25) is 9.21 Å². The molecule has 36 heavy (non-hydrogen) atoms. The van der Waals surface area contributed by atoms with Crippen molar-refractivity contribution < 1.29 is 47.9 Å². The van der Waals surface area contributed by atoms with Crippen molar-refractivity contribution in [2.45, 2.75) is 44.0 Å². The molecular weight excluding hydrogens is 529 g/mol. The van der Waals surface area contributed by atoms with Gasteiger partial charge in [0, 0.05) is 25.7 Å². The van der Waals surface area contributed by atoms with E-state index in [0.717, 1.165) is 12.1 Å². The van der Waals surface area contributed by atoms with Crippen LogP contribution < -0.4 is 9.44 Å². The number of alkyl halides is 9. The van der Waals surface area contributed by atoms with Gasteiger partial charge in [-0.05, 0) is 48.7 Å². The van der Waals surface area contributed by atoms with Crippen LogP contribution in [0, 0.1) is 0 Å². The second kappa shape index (κ2) is 9.74. The monoisotopic (exact) mass is 549 g/mol. The van der Waals surface area contributed by atoms with Crippen LogP contribution in [0.25, 0.3) is 0 Å². The SMILES string of the molecule is NS(=O)(=O)N(c1cc(C(F)(F)F)cc(C(F)(F)F)c1)C1CCN(Cc2ccc(C(F)(F)F)cc2)CC1. The molecule has 0 atom stereocenters. The van der Waals surface area contributed by atoms with Crippen molar-refractivity contribution in [3.05, 3.63) is 64.7 Å². The molecule has 3 rings (SSSR count). The quantitative estimate of drug-likeness (QED) is 0.507. The molecule has 2 aromatic carbocycles. The minimum absolute atomic E-state index is 0.00859. The Labute approximate surface area is 200 Å². The zero-order valence-electron chi connectivity index (χ0n) is 18.3. The highest BCUT2D eigenvalue weighted by molar-refractivity contribution is 7.90. The van der Waals surface area contributed by atoms with Crippen molar-refractivity contribution in [3.8, 4) is 0 Å². The number of hydrogen-bond donors (Lipinski definition) is 1. The highest BCUT2D eigenvalue weighted by atomic mass is 32.2. The molecule has 0 aliphatic carbocycles. The third-order valence-corrected chi connectivity index (χ3v) is 6.73. The summed E-state index contributed by atoms with van der Waals surface area (Å²) >= 11 is 0. The van der Waals surface area contributed by atoms with Gasteiger partial charge in [-0.1, -0.05) is 12.1 Å². The van der Waals surface area contributed by atoms with Crippen molar-refractivity contribution in [1.82, 2.24) is 4.90 Å². The number of anilines is 1. The highest BCUT2D eigenvalue weighted by Gasteiger charge is 2.40. The maximum Gasteiger partial charge on any atom is 0.416 e. The summed E-state index contributed by atoms with van der Waals surface area (Å²) in [7, 11) is -4.76. The zero-order chi connectivity index (χ0) is 27.1. The molecule has 15 heteroatoms. The van der Waals surface area contributed by atoms with Gasteiger partial charge in [-0.25, -0.2) is 5.14 Å². The van der Waals surface area contributed by atoms with E-state index in [9.17, 15) is 47.9 Å². The van der Waals surface area contributed by atoms with Gasteiger partial charge in [0.2, 0.25) is 0 Å². The highest BCUT2D eigenvalue weighted by Crippen LogP contribution is 2.40. The molecule has 2 N–H and O–H groups in total. The van der Waals surface area contributed by atoms with Crippen molar-refractivity contribution >= 4 is 15.9 Å². The molecule has 2 aromatic rings. The van der Waals surface area contributed by atoms with E-state index in [4.69, 9.17) is 5.14 Å². The number of nitrogens with zero attached hydrogens (tertiary/aromatic N) is 2. The minimum Gasteiger partial charge on any atom is -0.299 e. The van der Waals surface area contributed by atoms with Gasteiger partial charge in [-0.15, -0.1) is 0 Å². The lowest BCUT2D eigenvalue weighted by Gasteiger charge is -2.38. The summed E-state index contributed by atoms with van der Waals surface area (Å²) < 4.78 is 143. The first-order valence-electron chi connectivity index (χ1n) is 10.4. The minimum atomic E-state index is -5.18. The van der Waals surface area contributed by atoms with Crippen molar-refractivity contribution in [3.63, 3.8) is 0 Å². The van der Waals surface area contributed by atoms with Crippen molar-refractivity contribution in [2.75, 3.05) is 17.4 Å². The summed E-state index contributed by atoms with van der Waals surface area (Å²) in [5.74, 6) is 0. The van der Waals surface area contributed by atoms with Crippen LogP contribution in [0.5, 0.6) is 0 Å². The normalized spacial score (nSPS) is 16.8. The molecule has 0 unspecified atom stereocenters. The van der Waals surface area contributed by atoms with E-state index < -0.39 is 57.2 Å². The second-order valence-electron chi connectivity index (χ2n) is 8.31. The predicted octanol–water partition coefficient (Wildman–Crippen LogP) is 5.42. The van der Waals surface area contributed by atoms with Gasteiger partial charge >= 0.3 is 18.5 Å². The largest absolute Gasteiger partial charge is 0.416 e. The number of benzene rings is 2. The van der Waals surface area contributed by atoms with E-state index in [1.165, 1.54) is 12.1 Å². The Morgan fingerprint density at radius 1 is 0.778 bits per heavy atom. The molecule has 0 bridgehead atoms. The van der Waals surface area contributed by atoms with Gasteiger partial charge in [0.25, 0.3) is 10.2 Å². The van der Waals surface area contributed by atoms with Gasteiger partial charge in [0.05, 0.1) is 22.4 Å². The average Bonchev–Trinajstić information content (AvgIpc) is 2.72. The number of nitrogens with two attached hydrogens (primary N) is 1. The van der Waals surface area contributed by atoms with Crippen LogP contribution in [-0.4, -0.2) is 32.4 Å². The molecule has 1 saturated heterocycles. The molecule has 1 aliphatic rings. The number of hydrogen-bond acceptors (Lipinski definition) is 3. The third kappa shape index (κ3) is 6.82. The molecule has 0 radical (unpaired) electrons. The van der Waals surface area contributed by atoms with Crippen LogP contribution in [0.4, 0.5) is 45.2 Å². The van der Waals surface area contributed by atoms with Crippen molar-refractivity contribution in [2.24, 2.45) is 5.14 Å². The van der Waals surface area contributed by atoms with Crippen LogP contribution >= 0.6 is 0 Å². The standard InChI is InChI=1S/C21H20F9N3O2S/c22-19(23,24)14-3-1-13(2-4-14)12-32-7-5-17(6-8-32)33(36(31,34)35)18-10-15(20(25,26)27)9-16(11-18)21(28,29)30/h1-4,9-11,17H,5-8,12H2,(H2,31,34,35). The van der Waals surface area contributed by atoms with Crippen LogP contribution in [0.2, 0.25) is 0 Å². The number of piperidine rings is 1. The van der Waals surface area contributed by atoms with E-state index in [-0.39, 0.29) is 38.5 Å². The van der Waals surface area contributed by atoms with Crippen LogP contribution in [-0.2, 0) is 35.3 Å². The molecule has 0 spiro atoms. The van der Waals surface area contributed by atoms with Gasteiger partial charge in [-0.2, -0.15) is 47.9 Å². The fourth-order valence-electron chi connectivity index (χ4n) is 4.00.